The third-order valence-electron chi connectivity index (χ3n) is 6.10. The van der Waals surface area contributed by atoms with Crippen LogP contribution in [0, 0.1) is 0 Å². The highest BCUT2D eigenvalue weighted by Crippen LogP contribution is 2.32. The highest BCUT2D eigenvalue weighted by molar-refractivity contribution is 9.09. The molecule has 0 aromatic heterocycles. The smallest absolute Gasteiger partial charge is 0.228 e. The van der Waals surface area contributed by atoms with E-state index in [9.17, 15) is 4.79 Å². The lowest BCUT2D eigenvalue weighted by Crippen LogP contribution is -2.53. The second-order valence-electron chi connectivity index (χ2n) is 8.14. The number of rotatable bonds is 8. The van der Waals surface area contributed by atoms with E-state index >= 15 is 0 Å². The van der Waals surface area contributed by atoms with Crippen molar-refractivity contribution in [2.75, 3.05) is 23.8 Å². The van der Waals surface area contributed by atoms with Crippen LogP contribution in [0.15, 0.2) is 60.7 Å². The van der Waals surface area contributed by atoms with Crippen molar-refractivity contribution in [2.45, 2.75) is 55.4 Å². The molecule has 0 radical (unpaired) electrons. The van der Waals surface area contributed by atoms with Crippen LogP contribution in [0.2, 0.25) is 0 Å². The molecule has 3 unspecified atom stereocenters. The summed E-state index contributed by atoms with van der Waals surface area (Å²) < 4.78 is 0. The molecule has 1 aliphatic carbocycles. The van der Waals surface area contributed by atoms with Gasteiger partial charge in [0.05, 0.1) is 6.04 Å². The van der Waals surface area contributed by atoms with E-state index < -0.39 is 0 Å². The minimum Gasteiger partial charge on any atom is -0.308 e. The molecule has 0 bridgehead atoms. The molecule has 1 aliphatic rings. The number of amides is 1. The monoisotopic (exact) mass is 534 g/mol. The summed E-state index contributed by atoms with van der Waals surface area (Å²) in [6, 6.07) is 21.4. The van der Waals surface area contributed by atoms with Crippen LogP contribution in [0.4, 0.5) is 5.69 Å². The van der Waals surface area contributed by atoms with Gasteiger partial charge in [0.2, 0.25) is 5.91 Å². The summed E-state index contributed by atoms with van der Waals surface area (Å²) in [5.74, 6) is 0.206. The Kier molecular flexibility index (Phi) is 9.41. The highest BCUT2D eigenvalue weighted by Gasteiger charge is 2.36. The molecule has 3 rings (SSSR count). The second-order valence-corrected chi connectivity index (χ2v) is 10.2. The number of benzene rings is 2. The minimum atomic E-state index is 0.183. The third kappa shape index (κ3) is 6.41. The first-order chi connectivity index (χ1) is 14.6. The first kappa shape index (κ1) is 23.5. The van der Waals surface area contributed by atoms with Crippen LogP contribution in [0.1, 0.15) is 37.7 Å². The van der Waals surface area contributed by atoms with Crippen molar-refractivity contribution >= 4 is 43.5 Å². The number of hydrogen-bond donors (Lipinski definition) is 0. The average Bonchev–Trinajstić information content (AvgIpc) is 2.96. The summed E-state index contributed by atoms with van der Waals surface area (Å²) in [5.41, 5.74) is 2.38. The SMILES string of the molecule is CN(CCc1ccccc1)C1CCC(Br)CCC1N(C(=O)CCBr)c1ccccc1. The summed E-state index contributed by atoms with van der Waals surface area (Å²) >= 11 is 7.33. The van der Waals surface area contributed by atoms with E-state index in [1.807, 2.05) is 18.2 Å². The van der Waals surface area contributed by atoms with Crippen molar-refractivity contribution in [3.05, 3.63) is 66.2 Å². The Morgan fingerprint density at radius 2 is 1.53 bits per heavy atom. The highest BCUT2D eigenvalue weighted by atomic mass is 79.9. The van der Waals surface area contributed by atoms with E-state index in [1.165, 1.54) is 5.56 Å². The molecule has 2 aromatic rings. The minimum absolute atomic E-state index is 0.183. The zero-order valence-electron chi connectivity index (χ0n) is 17.7. The Morgan fingerprint density at radius 1 is 0.933 bits per heavy atom. The van der Waals surface area contributed by atoms with Crippen molar-refractivity contribution < 1.29 is 4.79 Å². The van der Waals surface area contributed by atoms with Gasteiger partial charge in [-0.2, -0.15) is 0 Å². The van der Waals surface area contributed by atoms with Gasteiger partial charge in [0.15, 0.2) is 0 Å². The Hall–Kier alpha value is -1.17. The molecule has 162 valence electrons. The molecular formula is C25H32Br2N2O. The zero-order valence-corrected chi connectivity index (χ0v) is 20.9. The molecule has 2 aromatic carbocycles. The quantitative estimate of drug-likeness (QED) is 0.303. The summed E-state index contributed by atoms with van der Waals surface area (Å²) in [7, 11) is 2.23. The maximum Gasteiger partial charge on any atom is 0.228 e. The van der Waals surface area contributed by atoms with Gasteiger partial charge in [-0.05, 0) is 56.8 Å². The van der Waals surface area contributed by atoms with E-state index in [0.29, 0.717) is 22.6 Å². The number of anilines is 1. The van der Waals surface area contributed by atoms with Crippen LogP contribution < -0.4 is 4.90 Å². The lowest BCUT2D eigenvalue weighted by Gasteiger charge is -2.40. The van der Waals surface area contributed by atoms with Gasteiger partial charge in [-0.1, -0.05) is 80.4 Å². The van der Waals surface area contributed by atoms with Crippen LogP contribution >= 0.6 is 31.9 Å². The van der Waals surface area contributed by atoms with Gasteiger partial charge in [0.25, 0.3) is 0 Å². The largest absolute Gasteiger partial charge is 0.308 e. The summed E-state index contributed by atoms with van der Waals surface area (Å²) in [5, 5.41) is 0.692. The summed E-state index contributed by atoms with van der Waals surface area (Å²) in [6.45, 7) is 0.993. The van der Waals surface area contributed by atoms with Crippen molar-refractivity contribution in [2.24, 2.45) is 0 Å². The Morgan fingerprint density at radius 3 is 2.17 bits per heavy atom. The predicted octanol–water partition coefficient (Wildman–Crippen LogP) is 6.05. The predicted molar refractivity (Wildman–Crippen MR) is 134 cm³/mol. The fourth-order valence-electron chi connectivity index (χ4n) is 4.47. The van der Waals surface area contributed by atoms with Gasteiger partial charge in [-0.15, -0.1) is 0 Å². The summed E-state index contributed by atoms with van der Waals surface area (Å²) in [6.07, 6.45) is 5.89. The number of hydrogen-bond acceptors (Lipinski definition) is 2. The molecule has 0 saturated heterocycles. The van der Waals surface area contributed by atoms with Crippen LogP contribution in [0.5, 0.6) is 0 Å². The number of para-hydroxylation sites is 1. The van der Waals surface area contributed by atoms with Crippen LogP contribution in [-0.4, -0.2) is 46.6 Å². The molecule has 1 saturated carbocycles. The zero-order chi connectivity index (χ0) is 21.3. The number of likely N-dealkylation sites (N-methyl/N-ethyl adjacent to an activating group) is 1. The van der Waals surface area contributed by atoms with Crippen molar-refractivity contribution in [3.8, 4) is 0 Å². The molecule has 3 nitrogen and oxygen atoms in total. The van der Waals surface area contributed by atoms with Crippen LogP contribution in [-0.2, 0) is 11.2 Å². The second kappa shape index (κ2) is 12.0. The van der Waals surface area contributed by atoms with E-state index in [2.05, 4.69) is 91.2 Å². The maximum absolute atomic E-state index is 13.2. The van der Waals surface area contributed by atoms with Crippen molar-refractivity contribution in [1.82, 2.24) is 4.90 Å². The molecule has 0 spiro atoms. The molecule has 5 heteroatoms. The molecule has 1 fully saturated rings. The van der Waals surface area contributed by atoms with Crippen LogP contribution in [0.3, 0.4) is 0 Å². The number of alkyl halides is 2. The lowest BCUT2D eigenvalue weighted by molar-refractivity contribution is -0.119. The van der Waals surface area contributed by atoms with E-state index in [-0.39, 0.29) is 11.9 Å². The number of carbonyl (C=O) groups is 1. The van der Waals surface area contributed by atoms with Crippen molar-refractivity contribution in [3.63, 3.8) is 0 Å². The molecule has 0 N–H and O–H groups in total. The number of halogens is 2. The van der Waals surface area contributed by atoms with Gasteiger partial charge < -0.3 is 9.80 Å². The Bertz CT molecular complexity index is 771. The Labute approximate surface area is 198 Å². The normalized spacial score (nSPS) is 21.9. The fourth-order valence-corrected chi connectivity index (χ4v) is 5.34. The van der Waals surface area contributed by atoms with Gasteiger partial charge in [-0.3, -0.25) is 4.79 Å². The van der Waals surface area contributed by atoms with Crippen LogP contribution in [0.25, 0.3) is 0 Å². The first-order valence-electron chi connectivity index (χ1n) is 10.9. The molecular weight excluding hydrogens is 504 g/mol. The average molecular weight is 536 g/mol. The summed E-state index contributed by atoms with van der Waals surface area (Å²) in [4.78, 5) is 18.4. The van der Waals surface area contributed by atoms with E-state index in [1.54, 1.807) is 0 Å². The topological polar surface area (TPSA) is 23.6 Å². The number of nitrogens with zero attached hydrogens (tertiary/aromatic N) is 2. The maximum atomic E-state index is 13.2. The molecule has 1 amide bonds. The molecule has 0 heterocycles. The Balaban J connectivity index is 1.84. The first-order valence-corrected chi connectivity index (χ1v) is 12.9. The lowest BCUT2D eigenvalue weighted by atomic mass is 9.97. The molecule has 3 atom stereocenters. The molecule has 30 heavy (non-hydrogen) atoms. The van der Waals surface area contributed by atoms with Gasteiger partial charge >= 0.3 is 0 Å². The van der Waals surface area contributed by atoms with E-state index in [4.69, 9.17) is 0 Å². The number of carbonyl (C=O) groups excluding carboxylic acids is 1. The van der Waals surface area contributed by atoms with Gasteiger partial charge in [-0.25, -0.2) is 0 Å². The van der Waals surface area contributed by atoms with Gasteiger partial charge in [0, 0.05) is 34.9 Å². The van der Waals surface area contributed by atoms with E-state index in [0.717, 1.165) is 44.3 Å². The standard InChI is InChI=1S/C25H32Br2N2O/c1-28(19-17-20-8-4-2-5-9-20)23-14-12-21(27)13-15-24(23)29(25(30)16-18-26)22-10-6-3-7-11-22/h2-11,21,23-24H,12-19H2,1H3. The third-order valence-corrected chi connectivity index (χ3v) is 7.41. The van der Waals surface area contributed by atoms with Crippen molar-refractivity contribution in [1.29, 1.82) is 0 Å². The molecule has 0 aliphatic heterocycles. The fraction of sp³-hybridized carbons (Fsp3) is 0.480. The van der Waals surface area contributed by atoms with Gasteiger partial charge in [0.1, 0.15) is 0 Å².